The summed E-state index contributed by atoms with van der Waals surface area (Å²) in [5, 5.41) is 1.37. The Labute approximate surface area is 170 Å². The van der Waals surface area contributed by atoms with Gasteiger partial charge in [0.15, 0.2) is 0 Å². The number of methoxy groups -OCH3 is 1. The molecule has 146 valence electrons. The summed E-state index contributed by atoms with van der Waals surface area (Å²) in [5.74, 6) is 0.639. The molecule has 0 aliphatic carbocycles. The zero-order valence-electron chi connectivity index (χ0n) is 15.9. The zero-order chi connectivity index (χ0) is 20.3. The molecular formula is C23H20N2O3S. The average Bonchev–Trinajstić information content (AvgIpc) is 2.75. The summed E-state index contributed by atoms with van der Waals surface area (Å²) in [6, 6.07) is 21.9. The van der Waals surface area contributed by atoms with E-state index in [-0.39, 0.29) is 4.90 Å². The van der Waals surface area contributed by atoms with Gasteiger partial charge in [0.25, 0.3) is 10.0 Å². The van der Waals surface area contributed by atoms with Crippen LogP contribution in [-0.2, 0) is 16.4 Å². The first-order valence-corrected chi connectivity index (χ1v) is 10.6. The zero-order valence-corrected chi connectivity index (χ0v) is 16.7. The summed E-state index contributed by atoms with van der Waals surface area (Å²) in [6.07, 6.45) is 4.28. The Morgan fingerprint density at radius 2 is 1.48 bits per heavy atom. The molecule has 0 saturated heterocycles. The SMILES string of the molecule is COc1ccc(S(=O)(=O)Nc2ccc(Cc3ccncc3)cc2)c2ccccc12. The summed E-state index contributed by atoms with van der Waals surface area (Å²) >= 11 is 0. The predicted octanol–water partition coefficient (Wildman–Crippen LogP) is 4.64. The molecule has 0 radical (unpaired) electrons. The fourth-order valence-electron chi connectivity index (χ4n) is 3.29. The molecule has 29 heavy (non-hydrogen) atoms. The summed E-state index contributed by atoms with van der Waals surface area (Å²) < 4.78 is 34.1. The molecule has 0 bridgehead atoms. The van der Waals surface area contributed by atoms with Crippen LogP contribution in [0.4, 0.5) is 5.69 Å². The highest BCUT2D eigenvalue weighted by Crippen LogP contribution is 2.31. The van der Waals surface area contributed by atoms with Gasteiger partial charge < -0.3 is 4.74 Å². The van der Waals surface area contributed by atoms with Gasteiger partial charge in [0.05, 0.1) is 12.0 Å². The average molecular weight is 404 g/mol. The highest BCUT2D eigenvalue weighted by atomic mass is 32.2. The van der Waals surface area contributed by atoms with E-state index in [0.29, 0.717) is 16.8 Å². The molecule has 0 atom stereocenters. The minimum atomic E-state index is -3.75. The quantitative estimate of drug-likeness (QED) is 0.509. The van der Waals surface area contributed by atoms with Gasteiger partial charge in [-0.1, -0.05) is 36.4 Å². The lowest BCUT2D eigenvalue weighted by Gasteiger charge is -2.13. The molecule has 6 heteroatoms. The van der Waals surface area contributed by atoms with E-state index < -0.39 is 10.0 Å². The molecule has 3 aromatic carbocycles. The molecule has 1 heterocycles. The van der Waals surface area contributed by atoms with E-state index in [1.165, 1.54) is 0 Å². The maximum atomic E-state index is 13.0. The molecule has 1 aromatic heterocycles. The molecule has 0 aliphatic heterocycles. The smallest absolute Gasteiger partial charge is 0.262 e. The van der Waals surface area contributed by atoms with Crippen molar-refractivity contribution in [3.8, 4) is 5.75 Å². The summed E-state index contributed by atoms with van der Waals surface area (Å²) in [4.78, 5) is 4.24. The van der Waals surface area contributed by atoms with E-state index in [1.54, 1.807) is 49.8 Å². The minimum Gasteiger partial charge on any atom is -0.496 e. The fourth-order valence-corrected chi connectivity index (χ4v) is 4.56. The second-order valence-corrected chi connectivity index (χ2v) is 8.30. The van der Waals surface area contributed by atoms with E-state index >= 15 is 0 Å². The number of rotatable bonds is 6. The van der Waals surface area contributed by atoms with Crippen molar-refractivity contribution in [2.24, 2.45) is 0 Å². The molecule has 0 unspecified atom stereocenters. The van der Waals surface area contributed by atoms with Crippen LogP contribution in [0.1, 0.15) is 11.1 Å². The fraction of sp³-hybridized carbons (Fsp3) is 0.0870. The molecule has 0 amide bonds. The van der Waals surface area contributed by atoms with Crippen molar-refractivity contribution in [3.63, 3.8) is 0 Å². The van der Waals surface area contributed by atoms with Gasteiger partial charge in [-0.3, -0.25) is 9.71 Å². The molecule has 4 rings (SSSR count). The Morgan fingerprint density at radius 3 is 2.17 bits per heavy atom. The number of benzene rings is 3. The van der Waals surface area contributed by atoms with Gasteiger partial charge in [-0.05, 0) is 53.9 Å². The van der Waals surface area contributed by atoms with Gasteiger partial charge in [0.2, 0.25) is 0 Å². The number of aromatic nitrogens is 1. The van der Waals surface area contributed by atoms with Crippen LogP contribution in [0, 0.1) is 0 Å². The van der Waals surface area contributed by atoms with E-state index in [1.807, 2.05) is 42.5 Å². The molecule has 4 aromatic rings. The van der Waals surface area contributed by atoms with Crippen LogP contribution in [0.2, 0.25) is 0 Å². The number of nitrogens with one attached hydrogen (secondary N) is 1. The van der Waals surface area contributed by atoms with Crippen LogP contribution in [0.5, 0.6) is 5.75 Å². The van der Waals surface area contributed by atoms with Crippen LogP contribution in [-0.4, -0.2) is 20.5 Å². The molecule has 0 spiro atoms. The van der Waals surface area contributed by atoms with Crippen molar-refractivity contribution in [2.75, 3.05) is 11.8 Å². The van der Waals surface area contributed by atoms with Gasteiger partial charge in [-0.25, -0.2) is 8.42 Å². The number of fused-ring (bicyclic) bond motifs is 1. The third-order valence-electron chi connectivity index (χ3n) is 4.72. The first-order chi connectivity index (χ1) is 14.1. The molecule has 5 nitrogen and oxygen atoms in total. The summed E-state index contributed by atoms with van der Waals surface area (Å²) in [5.41, 5.74) is 2.76. The van der Waals surface area contributed by atoms with Crippen LogP contribution in [0.25, 0.3) is 10.8 Å². The number of ether oxygens (including phenoxy) is 1. The number of pyridine rings is 1. The number of anilines is 1. The lowest BCUT2D eigenvalue weighted by atomic mass is 10.1. The van der Waals surface area contributed by atoms with Gasteiger partial charge in [0, 0.05) is 28.9 Å². The van der Waals surface area contributed by atoms with Crippen molar-refractivity contribution in [1.29, 1.82) is 0 Å². The van der Waals surface area contributed by atoms with Crippen LogP contribution in [0.15, 0.2) is 90.1 Å². The van der Waals surface area contributed by atoms with Crippen LogP contribution >= 0.6 is 0 Å². The van der Waals surface area contributed by atoms with E-state index in [4.69, 9.17) is 4.74 Å². The molecular weight excluding hydrogens is 384 g/mol. The summed E-state index contributed by atoms with van der Waals surface area (Å²) in [7, 11) is -2.18. The van der Waals surface area contributed by atoms with Gasteiger partial charge >= 0.3 is 0 Å². The second-order valence-electron chi connectivity index (χ2n) is 6.65. The number of sulfonamides is 1. The lowest BCUT2D eigenvalue weighted by Crippen LogP contribution is -2.13. The number of nitrogens with zero attached hydrogens (tertiary/aromatic N) is 1. The Balaban J connectivity index is 1.60. The Morgan fingerprint density at radius 1 is 0.828 bits per heavy atom. The number of hydrogen-bond acceptors (Lipinski definition) is 4. The highest BCUT2D eigenvalue weighted by Gasteiger charge is 2.19. The predicted molar refractivity (Wildman–Crippen MR) is 115 cm³/mol. The second kappa shape index (κ2) is 7.93. The lowest BCUT2D eigenvalue weighted by molar-refractivity contribution is 0.419. The highest BCUT2D eigenvalue weighted by molar-refractivity contribution is 7.93. The molecule has 0 fully saturated rings. The maximum absolute atomic E-state index is 13.0. The van der Waals surface area contributed by atoms with Crippen molar-refractivity contribution >= 4 is 26.5 Å². The third-order valence-corrected chi connectivity index (χ3v) is 6.16. The van der Waals surface area contributed by atoms with Crippen molar-refractivity contribution < 1.29 is 13.2 Å². The van der Waals surface area contributed by atoms with Crippen molar-refractivity contribution in [3.05, 3.63) is 96.3 Å². The summed E-state index contributed by atoms with van der Waals surface area (Å²) in [6.45, 7) is 0. The first kappa shape index (κ1) is 19.0. The third kappa shape index (κ3) is 4.07. The van der Waals surface area contributed by atoms with E-state index in [2.05, 4.69) is 9.71 Å². The monoisotopic (exact) mass is 404 g/mol. The standard InChI is InChI=1S/C23H20N2O3S/c1-28-22-10-11-23(21-5-3-2-4-20(21)22)29(26,27)25-19-8-6-17(7-9-19)16-18-12-14-24-15-13-18/h2-15,25H,16H2,1H3. The van der Waals surface area contributed by atoms with Gasteiger partial charge in [-0.2, -0.15) is 0 Å². The van der Waals surface area contributed by atoms with Crippen LogP contribution in [0.3, 0.4) is 0 Å². The Kier molecular flexibility index (Phi) is 5.18. The van der Waals surface area contributed by atoms with E-state index in [0.717, 1.165) is 22.9 Å². The van der Waals surface area contributed by atoms with Crippen LogP contribution < -0.4 is 9.46 Å². The first-order valence-electron chi connectivity index (χ1n) is 9.13. The van der Waals surface area contributed by atoms with E-state index in [9.17, 15) is 8.42 Å². The normalized spacial score (nSPS) is 11.3. The Bertz CT molecular complexity index is 1240. The number of hydrogen-bond donors (Lipinski definition) is 1. The molecule has 1 N–H and O–H groups in total. The van der Waals surface area contributed by atoms with Gasteiger partial charge in [-0.15, -0.1) is 0 Å². The largest absolute Gasteiger partial charge is 0.496 e. The minimum absolute atomic E-state index is 0.217. The Hall–Kier alpha value is -3.38. The topological polar surface area (TPSA) is 68.3 Å². The maximum Gasteiger partial charge on any atom is 0.262 e. The van der Waals surface area contributed by atoms with Gasteiger partial charge in [0.1, 0.15) is 5.75 Å². The molecule has 0 aliphatic rings. The molecule has 0 saturated carbocycles. The van der Waals surface area contributed by atoms with Crippen molar-refractivity contribution in [2.45, 2.75) is 11.3 Å². The van der Waals surface area contributed by atoms with Crippen molar-refractivity contribution in [1.82, 2.24) is 4.98 Å².